The van der Waals surface area contributed by atoms with Crippen molar-refractivity contribution < 1.29 is 4.74 Å². The normalized spacial score (nSPS) is 17.3. The molecule has 1 aromatic heterocycles. The topological polar surface area (TPSA) is 17.4 Å². The largest absolute Gasteiger partial charge is 0.494 e. The molecular formula is C24H28N2O. The van der Waals surface area contributed by atoms with Crippen LogP contribution in [0.25, 0.3) is 0 Å². The Morgan fingerprint density at radius 1 is 0.963 bits per heavy atom. The fourth-order valence-electron chi connectivity index (χ4n) is 4.11. The second-order valence-electron chi connectivity index (χ2n) is 7.28. The van der Waals surface area contributed by atoms with E-state index in [1.807, 2.05) is 6.92 Å². The van der Waals surface area contributed by atoms with Crippen LogP contribution in [0.4, 0.5) is 0 Å². The first-order valence-corrected chi connectivity index (χ1v) is 9.92. The summed E-state index contributed by atoms with van der Waals surface area (Å²) < 4.78 is 8.06. The van der Waals surface area contributed by atoms with Crippen LogP contribution in [0.1, 0.15) is 41.8 Å². The summed E-state index contributed by atoms with van der Waals surface area (Å²) in [5.74, 6) is 0.940. The van der Waals surface area contributed by atoms with Crippen molar-refractivity contribution in [2.75, 3.05) is 13.2 Å². The maximum Gasteiger partial charge on any atom is 0.119 e. The Balaban J connectivity index is 1.71. The molecule has 3 heteroatoms. The number of fused-ring (bicyclic) bond motifs is 1. The lowest BCUT2D eigenvalue weighted by Crippen LogP contribution is -2.29. The quantitative estimate of drug-likeness (QED) is 0.623. The standard InChI is InChI=1S/C24H28N2O/c1-3-27-22-13-11-20(12-14-22)24-23-10-6-15-25(23)16-7-17-26(24)18-21-9-5-4-8-19(21)2/h4-6,8-15,24H,3,7,16-18H2,1-2H3/t24-/m1/s1. The van der Waals surface area contributed by atoms with Gasteiger partial charge in [0.15, 0.2) is 0 Å². The average Bonchev–Trinajstić information content (AvgIpc) is 3.06. The van der Waals surface area contributed by atoms with Crippen molar-refractivity contribution in [3.63, 3.8) is 0 Å². The van der Waals surface area contributed by atoms with Gasteiger partial charge in [0, 0.05) is 31.5 Å². The van der Waals surface area contributed by atoms with Gasteiger partial charge in [-0.2, -0.15) is 0 Å². The summed E-state index contributed by atoms with van der Waals surface area (Å²) in [5, 5.41) is 0. The van der Waals surface area contributed by atoms with Crippen molar-refractivity contribution in [3.05, 3.63) is 89.2 Å². The zero-order valence-corrected chi connectivity index (χ0v) is 16.3. The molecule has 0 fully saturated rings. The van der Waals surface area contributed by atoms with Crippen LogP contribution in [-0.2, 0) is 13.1 Å². The van der Waals surface area contributed by atoms with E-state index in [2.05, 4.69) is 83.3 Å². The number of aryl methyl sites for hydroxylation is 2. The van der Waals surface area contributed by atoms with Gasteiger partial charge in [-0.3, -0.25) is 4.90 Å². The van der Waals surface area contributed by atoms with Crippen LogP contribution in [0.3, 0.4) is 0 Å². The second-order valence-corrected chi connectivity index (χ2v) is 7.28. The van der Waals surface area contributed by atoms with Crippen LogP contribution < -0.4 is 4.74 Å². The van der Waals surface area contributed by atoms with E-state index in [-0.39, 0.29) is 6.04 Å². The van der Waals surface area contributed by atoms with Gasteiger partial charge in [-0.15, -0.1) is 0 Å². The Labute approximate surface area is 162 Å². The van der Waals surface area contributed by atoms with E-state index < -0.39 is 0 Å². The Morgan fingerprint density at radius 2 is 1.78 bits per heavy atom. The third kappa shape index (κ3) is 3.79. The highest BCUT2D eigenvalue weighted by molar-refractivity contribution is 5.35. The molecule has 27 heavy (non-hydrogen) atoms. The molecule has 3 aromatic rings. The predicted molar refractivity (Wildman–Crippen MR) is 110 cm³/mol. The molecule has 0 unspecified atom stereocenters. The highest BCUT2D eigenvalue weighted by Gasteiger charge is 2.27. The zero-order chi connectivity index (χ0) is 18.6. The second kappa shape index (κ2) is 8.01. The number of ether oxygens (including phenoxy) is 1. The Bertz CT molecular complexity index is 881. The Hall–Kier alpha value is -2.52. The van der Waals surface area contributed by atoms with E-state index in [0.29, 0.717) is 6.61 Å². The summed E-state index contributed by atoms with van der Waals surface area (Å²) in [7, 11) is 0. The highest BCUT2D eigenvalue weighted by Crippen LogP contribution is 2.34. The van der Waals surface area contributed by atoms with Crippen LogP contribution in [0.2, 0.25) is 0 Å². The first-order chi connectivity index (χ1) is 13.3. The van der Waals surface area contributed by atoms with E-state index >= 15 is 0 Å². The van der Waals surface area contributed by atoms with Crippen LogP contribution >= 0.6 is 0 Å². The zero-order valence-electron chi connectivity index (χ0n) is 16.3. The fraction of sp³-hybridized carbons (Fsp3) is 0.333. The molecule has 2 heterocycles. The van der Waals surface area contributed by atoms with Crippen molar-refractivity contribution in [1.29, 1.82) is 0 Å². The van der Waals surface area contributed by atoms with Crippen molar-refractivity contribution in [2.24, 2.45) is 0 Å². The SMILES string of the molecule is CCOc1ccc([C@@H]2c3cccn3CCCN2Cc2ccccc2C)cc1. The summed E-state index contributed by atoms with van der Waals surface area (Å²) in [6.45, 7) is 8.08. The predicted octanol–water partition coefficient (Wildman–Crippen LogP) is 5.19. The van der Waals surface area contributed by atoms with Gasteiger partial charge in [-0.05, 0) is 61.2 Å². The maximum absolute atomic E-state index is 5.65. The number of hydrogen-bond acceptors (Lipinski definition) is 2. The van der Waals surface area contributed by atoms with Gasteiger partial charge in [-0.25, -0.2) is 0 Å². The van der Waals surface area contributed by atoms with Gasteiger partial charge >= 0.3 is 0 Å². The van der Waals surface area contributed by atoms with Gasteiger partial charge < -0.3 is 9.30 Å². The van der Waals surface area contributed by atoms with Crippen LogP contribution in [0.15, 0.2) is 66.9 Å². The molecule has 1 aliphatic heterocycles. The molecule has 1 atom stereocenters. The molecule has 1 aliphatic rings. The monoisotopic (exact) mass is 360 g/mol. The molecule has 3 nitrogen and oxygen atoms in total. The van der Waals surface area contributed by atoms with Gasteiger partial charge in [0.25, 0.3) is 0 Å². The summed E-state index contributed by atoms with van der Waals surface area (Å²) >= 11 is 0. The summed E-state index contributed by atoms with van der Waals surface area (Å²) in [4.78, 5) is 2.62. The molecule has 2 aromatic carbocycles. The fourth-order valence-corrected chi connectivity index (χ4v) is 4.11. The molecule has 0 bridgehead atoms. The molecular weight excluding hydrogens is 332 g/mol. The van der Waals surface area contributed by atoms with E-state index in [9.17, 15) is 0 Å². The lowest BCUT2D eigenvalue weighted by Gasteiger charge is -2.31. The number of rotatable bonds is 5. The van der Waals surface area contributed by atoms with E-state index in [1.54, 1.807) is 0 Å². The number of nitrogens with zero attached hydrogens (tertiary/aromatic N) is 2. The molecule has 0 aliphatic carbocycles. The number of benzene rings is 2. The summed E-state index contributed by atoms with van der Waals surface area (Å²) in [6, 6.07) is 22.1. The average molecular weight is 361 g/mol. The minimum absolute atomic E-state index is 0.262. The van der Waals surface area contributed by atoms with Crippen molar-refractivity contribution in [1.82, 2.24) is 9.47 Å². The van der Waals surface area contributed by atoms with Gasteiger partial charge in [0.2, 0.25) is 0 Å². The molecule has 4 rings (SSSR count). The lowest BCUT2D eigenvalue weighted by atomic mass is 10.00. The van der Waals surface area contributed by atoms with E-state index in [4.69, 9.17) is 4.74 Å². The molecule has 140 valence electrons. The lowest BCUT2D eigenvalue weighted by molar-refractivity contribution is 0.220. The molecule has 0 radical (unpaired) electrons. The molecule has 0 saturated heterocycles. The summed E-state index contributed by atoms with van der Waals surface area (Å²) in [5.41, 5.74) is 5.48. The molecule has 0 N–H and O–H groups in total. The van der Waals surface area contributed by atoms with Crippen molar-refractivity contribution in [2.45, 2.75) is 39.4 Å². The van der Waals surface area contributed by atoms with Crippen LogP contribution in [-0.4, -0.2) is 22.6 Å². The van der Waals surface area contributed by atoms with Gasteiger partial charge in [-0.1, -0.05) is 36.4 Å². The van der Waals surface area contributed by atoms with E-state index in [0.717, 1.165) is 25.4 Å². The first kappa shape index (κ1) is 17.9. The van der Waals surface area contributed by atoms with Crippen LogP contribution in [0.5, 0.6) is 5.75 Å². The molecule has 0 saturated carbocycles. The van der Waals surface area contributed by atoms with Crippen LogP contribution in [0, 0.1) is 6.92 Å². The number of hydrogen-bond donors (Lipinski definition) is 0. The maximum atomic E-state index is 5.65. The smallest absolute Gasteiger partial charge is 0.119 e. The minimum atomic E-state index is 0.262. The Morgan fingerprint density at radius 3 is 2.56 bits per heavy atom. The Kier molecular flexibility index (Phi) is 5.30. The van der Waals surface area contributed by atoms with Crippen molar-refractivity contribution >= 4 is 0 Å². The third-order valence-electron chi connectivity index (χ3n) is 5.50. The molecule has 0 spiro atoms. The molecule has 0 amide bonds. The third-order valence-corrected chi connectivity index (χ3v) is 5.50. The number of aromatic nitrogens is 1. The van der Waals surface area contributed by atoms with Crippen molar-refractivity contribution in [3.8, 4) is 5.75 Å². The highest BCUT2D eigenvalue weighted by atomic mass is 16.5. The summed E-state index contributed by atoms with van der Waals surface area (Å²) in [6.07, 6.45) is 3.38. The van der Waals surface area contributed by atoms with Gasteiger partial charge in [0.05, 0.1) is 12.6 Å². The van der Waals surface area contributed by atoms with E-state index in [1.165, 1.54) is 28.8 Å². The first-order valence-electron chi connectivity index (χ1n) is 9.92. The minimum Gasteiger partial charge on any atom is -0.494 e. The van der Waals surface area contributed by atoms with Gasteiger partial charge in [0.1, 0.15) is 5.75 Å².